The zero-order chi connectivity index (χ0) is 14.8. The molecular weight excluding hydrogens is 268 g/mol. The van der Waals surface area contributed by atoms with Crippen LogP contribution >= 0.6 is 0 Å². The van der Waals surface area contributed by atoms with Crippen LogP contribution in [0.4, 0.5) is 0 Å². The maximum atomic E-state index is 12.1. The quantitative estimate of drug-likeness (QED) is 0.749. The summed E-state index contributed by atoms with van der Waals surface area (Å²) in [5.74, 6) is -0.423. The van der Waals surface area contributed by atoms with Gasteiger partial charge in [-0.05, 0) is 23.8 Å². The molecule has 5 nitrogen and oxygen atoms in total. The van der Waals surface area contributed by atoms with Gasteiger partial charge in [0.15, 0.2) is 0 Å². The number of methoxy groups -OCH3 is 1. The Morgan fingerprint density at radius 1 is 1.19 bits per heavy atom. The van der Waals surface area contributed by atoms with Crippen molar-refractivity contribution in [3.63, 3.8) is 0 Å². The van der Waals surface area contributed by atoms with E-state index in [1.807, 2.05) is 30.3 Å². The van der Waals surface area contributed by atoms with E-state index in [0.717, 1.165) is 11.1 Å². The summed E-state index contributed by atoms with van der Waals surface area (Å²) in [7, 11) is 1.33. The van der Waals surface area contributed by atoms with Crippen molar-refractivity contribution in [3.8, 4) is 0 Å². The molecule has 0 aliphatic heterocycles. The number of rotatable bonds is 3. The highest BCUT2D eigenvalue weighted by molar-refractivity contribution is 5.93. The second-order valence-electron chi connectivity index (χ2n) is 4.73. The third-order valence-electron chi connectivity index (χ3n) is 3.38. The first-order chi connectivity index (χ1) is 10.2. The average Bonchev–Trinajstić information content (AvgIpc) is 2.82. The molecule has 0 bridgehead atoms. The van der Waals surface area contributed by atoms with E-state index >= 15 is 0 Å². The van der Waals surface area contributed by atoms with Crippen molar-refractivity contribution in [1.82, 2.24) is 9.55 Å². The highest BCUT2D eigenvalue weighted by Gasteiger charge is 2.11. The Kier molecular flexibility index (Phi) is 3.31. The summed E-state index contributed by atoms with van der Waals surface area (Å²) < 4.78 is 6.32. The summed E-state index contributed by atoms with van der Waals surface area (Å²) in [4.78, 5) is 26.4. The smallest absolute Gasteiger partial charge is 0.337 e. The number of fused-ring (bicyclic) bond motifs is 1. The Bertz CT molecular complexity index is 847. The van der Waals surface area contributed by atoms with Gasteiger partial charge >= 0.3 is 11.7 Å². The van der Waals surface area contributed by atoms with E-state index in [1.54, 1.807) is 22.8 Å². The lowest BCUT2D eigenvalue weighted by Crippen LogP contribution is -2.17. The van der Waals surface area contributed by atoms with Crippen molar-refractivity contribution in [2.45, 2.75) is 6.54 Å². The number of nitrogens with zero attached hydrogens (tertiary/aromatic N) is 1. The van der Waals surface area contributed by atoms with Crippen LogP contribution in [0, 0.1) is 0 Å². The molecule has 0 aliphatic carbocycles. The van der Waals surface area contributed by atoms with E-state index < -0.39 is 5.97 Å². The van der Waals surface area contributed by atoms with Gasteiger partial charge in [-0.3, -0.25) is 4.57 Å². The zero-order valence-corrected chi connectivity index (χ0v) is 11.5. The summed E-state index contributed by atoms with van der Waals surface area (Å²) in [6.07, 6.45) is 0. The lowest BCUT2D eigenvalue weighted by molar-refractivity contribution is 0.0601. The topological polar surface area (TPSA) is 64.1 Å². The molecule has 5 heteroatoms. The normalized spacial score (nSPS) is 10.7. The minimum atomic E-state index is -0.423. The number of hydrogen-bond acceptors (Lipinski definition) is 3. The van der Waals surface area contributed by atoms with Crippen LogP contribution in [0.1, 0.15) is 15.9 Å². The third-order valence-corrected chi connectivity index (χ3v) is 3.38. The molecule has 2 aromatic carbocycles. The van der Waals surface area contributed by atoms with Gasteiger partial charge in [0.05, 0.1) is 30.3 Å². The number of esters is 1. The van der Waals surface area contributed by atoms with Crippen LogP contribution < -0.4 is 5.69 Å². The van der Waals surface area contributed by atoms with Crippen LogP contribution in [-0.2, 0) is 11.3 Å². The summed E-state index contributed by atoms with van der Waals surface area (Å²) in [6.45, 7) is 0.483. The number of nitrogens with one attached hydrogen (secondary N) is 1. The standard InChI is InChI=1S/C16H14N2O3/c1-21-15(19)12-7-8-14-13(9-12)17-16(20)18(14)10-11-5-3-2-4-6-11/h2-9H,10H2,1H3,(H,17,20). The third kappa shape index (κ3) is 2.45. The monoisotopic (exact) mass is 282 g/mol. The number of hydrogen-bond donors (Lipinski definition) is 1. The molecule has 3 aromatic rings. The maximum absolute atomic E-state index is 12.1. The predicted molar refractivity (Wildman–Crippen MR) is 79.4 cm³/mol. The molecule has 0 fully saturated rings. The fraction of sp³-hybridized carbons (Fsp3) is 0.125. The first-order valence-corrected chi connectivity index (χ1v) is 6.54. The van der Waals surface area contributed by atoms with Gasteiger partial charge in [0.2, 0.25) is 0 Å². The molecule has 1 aromatic heterocycles. The minimum absolute atomic E-state index is 0.198. The highest BCUT2D eigenvalue weighted by atomic mass is 16.5. The first-order valence-electron chi connectivity index (χ1n) is 6.54. The van der Waals surface area contributed by atoms with E-state index in [-0.39, 0.29) is 5.69 Å². The van der Waals surface area contributed by atoms with Gasteiger partial charge in [-0.25, -0.2) is 9.59 Å². The number of H-pyrrole nitrogens is 1. The average molecular weight is 282 g/mol. The molecule has 106 valence electrons. The fourth-order valence-electron chi connectivity index (χ4n) is 2.33. The minimum Gasteiger partial charge on any atom is -0.465 e. The molecule has 1 heterocycles. The molecule has 0 amide bonds. The molecule has 0 aliphatic rings. The number of aromatic nitrogens is 2. The first kappa shape index (κ1) is 13.2. The Hall–Kier alpha value is -2.82. The Morgan fingerprint density at radius 3 is 2.67 bits per heavy atom. The van der Waals surface area contributed by atoms with E-state index in [1.165, 1.54) is 7.11 Å². The molecule has 0 unspecified atom stereocenters. The van der Waals surface area contributed by atoms with Crippen LogP contribution in [0.15, 0.2) is 53.3 Å². The Balaban J connectivity index is 2.06. The molecule has 0 saturated carbocycles. The van der Waals surface area contributed by atoms with Crippen LogP contribution in [-0.4, -0.2) is 22.6 Å². The number of benzene rings is 2. The van der Waals surface area contributed by atoms with E-state index in [4.69, 9.17) is 0 Å². The number of carbonyl (C=O) groups is 1. The van der Waals surface area contributed by atoms with E-state index in [2.05, 4.69) is 9.72 Å². The van der Waals surface area contributed by atoms with Crippen molar-refractivity contribution in [1.29, 1.82) is 0 Å². The molecular formula is C16H14N2O3. The van der Waals surface area contributed by atoms with Crippen molar-refractivity contribution in [2.75, 3.05) is 7.11 Å². The predicted octanol–water partition coefficient (Wildman–Crippen LogP) is 2.16. The summed E-state index contributed by atoms with van der Waals surface area (Å²) in [5.41, 5.74) is 2.64. The molecule has 1 N–H and O–H groups in total. The fourth-order valence-corrected chi connectivity index (χ4v) is 2.33. The molecule has 0 radical (unpaired) electrons. The van der Waals surface area contributed by atoms with Crippen molar-refractivity contribution in [2.24, 2.45) is 0 Å². The number of imidazole rings is 1. The number of ether oxygens (including phenoxy) is 1. The van der Waals surface area contributed by atoms with Gasteiger partial charge < -0.3 is 9.72 Å². The lowest BCUT2D eigenvalue weighted by atomic mass is 10.2. The number of carbonyl (C=O) groups excluding carboxylic acids is 1. The Morgan fingerprint density at radius 2 is 1.95 bits per heavy atom. The molecule has 0 saturated heterocycles. The van der Waals surface area contributed by atoms with Gasteiger partial charge in [0, 0.05) is 0 Å². The largest absolute Gasteiger partial charge is 0.465 e. The summed E-state index contributed by atoms with van der Waals surface area (Å²) in [5, 5.41) is 0. The van der Waals surface area contributed by atoms with Gasteiger partial charge in [-0.1, -0.05) is 30.3 Å². The van der Waals surface area contributed by atoms with Crippen molar-refractivity contribution >= 4 is 17.0 Å². The highest BCUT2D eigenvalue weighted by Crippen LogP contribution is 2.15. The maximum Gasteiger partial charge on any atom is 0.337 e. The van der Waals surface area contributed by atoms with Gasteiger partial charge in [-0.2, -0.15) is 0 Å². The Labute approximate surface area is 120 Å². The molecule has 21 heavy (non-hydrogen) atoms. The summed E-state index contributed by atoms with van der Waals surface area (Å²) >= 11 is 0. The van der Waals surface area contributed by atoms with Crippen LogP contribution in [0.2, 0.25) is 0 Å². The molecule has 3 rings (SSSR count). The van der Waals surface area contributed by atoms with Gasteiger partial charge in [0.25, 0.3) is 0 Å². The van der Waals surface area contributed by atoms with Crippen LogP contribution in [0.5, 0.6) is 0 Å². The zero-order valence-electron chi connectivity index (χ0n) is 11.5. The van der Waals surface area contributed by atoms with Gasteiger partial charge in [0.1, 0.15) is 0 Å². The number of aromatic amines is 1. The van der Waals surface area contributed by atoms with E-state index in [9.17, 15) is 9.59 Å². The van der Waals surface area contributed by atoms with Crippen LogP contribution in [0.25, 0.3) is 11.0 Å². The molecule has 0 atom stereocenters. The van der Waals surface area contributed by atoms with Crippen molar-refractivity contribution < 1.29 is 9.53 Å². The second kappa shape index (κ2) is 5.28. The van der Waals surface area contributed by atoms with Crippen molar-refractivity contribution in [3.05, 3.63) is 70.1 Å². The SMILES string of the molecule is COC(=O)c1ccc2c(c1)[nH]c(=O)n2Cc1ccccc1. The molecule has 0 spiro atoms. The van der Waals surface area contributed by atoms with Gasteiger partial charge in [-0.15, -0.1) is 0 Å². The summed E-state index contributed by atoms with van der Waals surface area (Å²) in [6, 6.07) is 14.8. The van der Waals surface area contributed by atoms with E-state index in [0.29, 0.717) is 17.6 Å². The second-order valence-corrected chi connectivity index (χ2v) is 4.73. The van der Waals surface area contributed by atoms with Crippen LogP contribution in [0.3, 0.4) is 0 Å². The lowest BCUT2D eigenvalue weighted by Gasteiger charge is -2.04.